The van der Waals surface area contributed by atoms with Gasteiger partial charge in [-0.3, -0.25) is 0 Å². The van der Waals surface area contributed by atoms with Gasteiger partial charge in [0.05, 0.1) is 0 Å². The van der Waals surface area contributed by atoms with Crippen LogP contribution in [0.5, 0.6) is 0 Å². The Labute approximate surface area is 114 Å². The minimum atomic E-state index is 1.08. The van der Waals surface area contributed by atoms with Gasteiger partial charge in [-0.15, -0.1) is 0 Å². The first-order valence-corrected chi connectivity index (χ1v) is 8.80. The molecule has 104 valence electrons. The van der Waals surface area contributed by atoms with Gasteiger partial charge in [-0.1, -0.05) is 39.5 Å². The number of hydrogen-bond acceptors (Lipinski definition) is 0. The van der Waals surface area contributed by atoms with Crippen molar-refractivity contribution < 1.29 is 0 Å². The summed E-state index contributed by atoms with van der Waals surface area (Å²) in [5.74, 6) is 6.67. The molecule has 6 atom stereocenters. The van der Waals surface area contributed by atoms with Crippen LogP contribution in [0.1, 0.15) is 78.1 Å². The van der Waals surface area contributed by atoms with E-state index in [1.54, 1.807) is 51.4 Å². The van der Waals surface area contributed by atoms with E-state index in [1.165, 1.54) is 12.8 Å². The Morgan fingerprint density at radius 2 is 1.00 bits per heavy atom. The summed E-state index contributed by atoms with van der Waals surface area (Å²) in [5, 5.41) is 0. The van der Waals surface area contributed by atoms with E-state index in [0.717, 1.165) is 35.5 Å². The highest BCUT2D eigenvalue weighted by molar-refractivity contribution is 4.92. The lowest BCUT2D eigenvalue weighted by atomic mass is 9.57. The Bertz CT molecular complexity index is 241. The maximum Gasteiger partial charge on any atom is -0.0380 e. The second kappa shape index (κ2) is 5.55. The molecule has 0 N–H and O–H groups in total. The number of rotatable bonds is 2. The van der Waals surface area contributed by atoms with Gasteiger partial charge in [0.2, 0.25) is 0 Å². The fraction of sp³-hybridized carbons (Fsp3) is 1.00. The number of fused-ring (bicyclic) bond motifs is 2. The summed E-state index contributed by atoms with van der Waals surface area (Å²) in [6.07, 6.45) is 15.5. The van der Waals surface area contributed by atoms with Crippen LogP contribution in [-0.2, 0) is 0 Å². The third-order valence-corrected chi connectivity index (χ3v) is 6.86. The van der Waals surface area contributed by atoms with Crippen LogP contribution in [0.3, 0.4) is 0 Å². The second-order valence-electron chi connectivity index (χ2n) is 7.69. The Hall–Kier alpha value is 0. The molecule has 0 aromatic rings. The maximum atomic E-state index is 2.41. The number of hydrogen-bond donors (Lipinski definition) is 0. The molecule has 0 spiro atoms. The van der Waals surface area contributed by atoms with E-state index < -0.39 is 0 Å². The van der Waals surface area contributed by atoms with Crippen LogP contribution in [0.2, 0.25) is 0 Å². The third-order valence-electron chi connectivity index (χ3n) is 6.86. The molecule has 0 bridgehead atoms. The Balaban J connectivity index is 1.61. The fourth-order valence-electron chi connectivity index (χ4n) is 5.57. The summed E-state index contributed by atoms with van der Waals surface area (Å²) in [6, 6.07) is 0. The van der Waals surface area contributed by atoms with Gasteiger partial charge in [-0.05, 0) is 74.0 Å². The van der Waals surface area contributed by atoms with Crippen LogP contribution in [0.4, 0.5) is 0 Å². The highest BCUT2D eigenvalue weighted by Crippen LogP contribution is 2.52. The van der Waals surface area contributed by atoms with E-state index in [1.807, 2.05) is 0 Å². The summed E-state index contributed by atoms with van der Waals surface area (Å²) in [7, 11) is 0. The third kappa shape index (κ3) is 2.49. The van der Waals surface area contributed by atoms with E-state index in [0.29, 0.717) is 0 Å². The zero-order valence-electron chi connectivity index (χ0n) is 12.5. The Kier molecular flexibility index (Phi) is 4.01. The van der Waals surface area contributed by atoms with Crippen LogP contribution in [0, 0.1) is 35.5 Å². The molecule has 3 aliphatic carbocycles. The predicted molar refractivity (Wildman–Crippen MR) is 78.5 cm³/mol. The summed E-state index contributed by atoms with van der Waals surface area (Å²) in [4.78, 5) is 0. The molecular formula is C18H32. The molecule has 0 heteroatoms. The summed E-state index contributed by atoms with van der Waals surface area (Å²) < 4.78 is 0. The first kappa shape index (κ1) is 13.0. The lowest BCUT2D eigenvalue weighted by Crippen LogP contribution is -2.38. The topological polar surface area (TPSA) is 0 Å². The molecule has 3 fully saturated rings. The quantitative estimate of drug-likeness (QED) is 0.591. The van der Waals surface area contributed by atoms with E-state index in [-0.39, 0.29) is 0 Å². The molecule has 0 amide bonds. The Morgan fingerprint density at radius 3 is 1.39 bits per heavy atom. The van der Waals surface area contributed by atoms with Gasteiger partial charge in [0.15, 0.2) is 0 Å². The first-order chi connectivity index (χ1) is 8.80. The second-order valence-corrected chi connectivity index (χ2v) is 7.69. The average molecular weight is 248 g/mol. The molecule has 3 saturated carbocycles. The molecule has 0 aromatic carbocycles. The normalized spacial score (nSPS) is 48.3. The molecule has 3 rings (SSSR count). The van der Waals surface area contributed by atoms with Crippen molar-refractivity contribution in [2.75, 3.05) is 0 Å². The van der Waals surface area contributed by atoms with Crippen molar-refractivity contribution in [3.8, 4) is 0 Å². The average Bonchev–Trinajstić information content (AvgIpc) is 2.43. The van der Waals surface area contributed by atoms with Crippen molar-refractivity contribution in [1.82, 2.24) is 0 Å². The lowest BCUT2D eigenvalue weighted by molar-refractivity contribution is 0.0195. The van der Waals surface area contributed by atoms with Crippen molar-refractivity contribution in [3.05, 3.63) is 0 Å². The van der Waals surface area contributed by atoms with Crippen LogP contribution in [0.15, 0.2) is 0 Å². The SMILES string of the molecule is CCC1CCC2CC3CC(CC)CCC3CC2C1. The summed E-state index contributed by atoms with van der Waals surface area (Å²) in [6.45, 7) is 4.81. The molecule has 18 heavy (non-hydrogen) atoms. The van der Waals surface area contributed by atoms with Crippen LogP contribution >= 0.6 is 0 Å². The fourth-order valence-corrected chi connectivity index (χ4v) is 5.57. The van der Waals surface area contributed by atoms with E-state index >= 15 is 0 Å². The zero-order valence-corrected chi connectivity index (χ0v) is 12.5. The van der Waals surface area contributed by atoms with E-state index in [2.05, 4.69) is 13.8 Å². The standard InChI is InChI=1S/C18H32/c1-3-13-5-7-15-12-18-10-14(4-2)6-8-16(18)11-17(15)9-13/h13-18H,3-12H2,1-2H3. The van der Waals surface area contributed by atoms with Gasteiger partial charge in [-0.2, -0.15) is 0 Å². The minimum absolute atomic E-state index is 1.08. The van der Waals surface area contributed by atoms with Crippen LogP contribution < -0.4 is 0 Å². The van der Waals surface area contributed by atoms with Crippen molar-refractivity contribution in [1.29, 1.82) is 0 Å². The van der Waals surface area contributed by atoms with E-state index in [4.69, 9.17) is 0 Å². The Morgan fingerprint density at radius 1 is 0.556 bits per heavy atom. The van der Waals surface area contributed by atoms with Gasteiger partial charge in [-0.25, -0.2) is 0 Å². The molecule has 0 aromatic heterocycles. The van der Waals surface area contributed by atoms with Gasteiger partial charge in [0.25, 0.3) is 0 Å². The zero-order chi connectivity index (χ0) is 12.5. The highest BCUT2D eigenvalue weighted by Gasteiger charge is 2.41. The first-order valence-electron chi connectivity index (χ1n) is 8.80. The summed E-state index contributed by atoms with van der Waals surface area (Å²) >= 11 is 0. The highest BCUT2D eigenvalue weighted by atomic mass is 14.5. The van der Waals surface area contributed by atoms with Gasteiger partial charge < -0.3 is 0 Å². The monoisotopic (exact) mass is 248 g/mol. The molecular weight excluding hydrogens is 216 g/mol. The van der Waals surface area contributed by atoms with Gasteiger partial charge >= 0.3 is 0 Å². The lowest BCUT2D eigenvalue weighted by Gasteiger charge is -2.49. The predicted octanol–water partition coefficient (Wildman–Crippen LogP) is 5.67. The van der Waals surface area contributed by atoms with Gasteiger partial charge in [0, 0.05) is 0 Å². The van der Waals surface area contributed by atoms with E-state index in [9.17, 15) is 0 Å². The van der Waals surface area contributed by atoms with Crippen molar-refractivity contribution in [2.45, 2.75) is 78.1 Å². The molecule has 0 aliphatic heterocycles. The molecule has 0 heterocycles. The smallest absolute Gasteiger partial charge is 0.0380 e. The molecule has 0 saturated heterocycles. The maximum absolute atomic E-state index is 2.41. The van der Waals surface area contributed by atoms with Crippen molar-refractivity contribution >= 4 is 0 Å². The van der Waals surface area contributed by atoms with Crippen LogP contribution in [-0.4, -0.2) is 0 Å². The van der Waals surface area contributed by atoms with Crippen molar-refractivity contribution in [3.63, 3.8) is 0 Å². The molecule has 0 nitrogen and oxygen atoms in total. The largest absolute Gasteiger partial charge is 0.0651 e. The molecule has 3 aliphatic rings. The summed E-state index contributed by atoms with van der Waals surface area (Å²) in [5.41, 5.74) is 0. The molecule has 0 radical (unpaired) electrons. The molecule has 6 unspecified atom stereocenters. The van der Waals surface area contributed by atoms with Crippen LogP contribution in [0.25, 0.3) is 0 Å². The minimum Gasteiger partial charge on any atom is -0.0651 e. The van der Waals surface area contributed by atoms with Crippen molar-refractivity contribution in [2.24, 2.45) is 35.5 Å². The van der Waals surface area contributed by atoms with Gasteiger partial charge in [0.1, 0.15) is 0 Å².